The average molecular weight is 234 g/mol. The largest absolute Gasteiger partial charge is 0.192 e. The fourth-order valence-corrected chi connectivity index (χ4v) is 2.93. The first-order valence-electron chi connectivity index (χ1n) is 5.83. The summed E-state index contributed by atoms with van der Waals surface area (Å²) in [6, 6.07) is 7.80. The quantitative estimate of drug-likeness (QED) is 0.601. The van der Waals surface area contributed by atoms with Crippen molar-refractivity contribution in [3.05, 3.63) is 22.3 Å². The van der Waals surface area contributed by atoms with Gasteiger partial charge in [-0.25, -0.2) is 0 Å². The molecule has 0 amide bonds. The number of hydrogen-bond acceptors (Lipinski definition) is 4. The third-order valence-electron chi connectivity index (χ3n) is 3.92. The molecule has 0 aromatic rings. The van der Waals surface area contributed by atoms with Crippen molar-refractivity contribution in [2.24, 2.45) is 11.8 Å². The summed E-state index contributed by atoms with van der Waals surface area (Å²) < 4.78 is 0. The maximum Gasteiger partial charge on any atom is 0.129 e. The molecule has 2 rings (SSSR count). The Morgan fingerprint density at radius 2 is 1.06 bits per heavy atom. The highest BCUT2D eigenvalue weighted by Gasteiger charge is 2.41. The maximum atomic E-state index is 8.93. The van der Waals surface area contributed by atoms with E-state index in [2.05, 4.69) is 0 Å². The number of nitrogens with zero attached hydrogens (tertiary/aromatic N) is 4. The normalized spacial score (nSPS) is 24.4. The fourth-order valence-electron chi connectivity index (χ4n) is 2.93. The van der Waals surface area contributed by atoms with Gasteiger partial charge in [0.2, 0.25) is 0 Å². The van der Waals surface area contributed by atoms with E-state index in [-0.39, 0.29) is 23.0 Å². The lowest BCUT2D eigenvalue weighted by Gasteiger charge is -2.44. The second-order valence-corrected chi connectivity index (χ2v) is 4.54. The van der Waals surface area contributed by atoms with Crippen molar-refractivity contribution in [3.63, 3.8) is 0 Å². The monoisotopic (exact) mass is 234 g/mol. The summed E-state index contributed by atoms with van der Waals surface area (Å²) >= 11 is 0. The molecule has 86 valence electrons. The lowest BCUT2D eigenvalue weighted by atomic mass is 9.59. The van der Waals surface area contributed by atoms with Crippen molar-refractivity contribution in [1.82, 2.24) is 0 Å². The molecule has 0 aromatic heterocycles. The molecule has 2 aliphatic rings. The van der Waals surface area contributed by atoms with Crippen LogP contribution in [0.3, 0.4) is 0 Å². The van der Waals surface area contributed by atoms with Crippen LogP contribution in [0.5, 0.6) is 0 Å². The molecular weight excluding hydrogens is 224 g/mol. The minimum atomic E-state index is 0.194. The van der Waals surface area contributed by atoms with E-state index in [1.165, 1.54) is 0 Å². The molecule has 0 saturated heterocycles. The highest BCUT2D eigenvalue weighted by Crippen LogP contribution is 2.52. The predicted molar refractivity (Wildman–Crippen MR) is 62.0 cm³/mol. The van der Waals surface area contributed by atoms with Crippen molar-refractivity contribution < 1.29 is 0 Å². The molecule has 0 radical (unpaired) electrons. The summed E-state index contributed by atoms with van der Waals surface area (Å²) in [5.74, 6) is 0.388. The zero-order valence-corrected chi connectivity index (χ0v) is 9.77. The van der Waals surface area contributed by atoms with Crippen molar-refractivity contribution in [2.45, 2.75) is 25.7 Å². The SMILES string of the molecule is N#CC(C#N)=C1CCC(=C(C#N)C#N)C2CCC12. The van der Waals surface area contributed by atoms with Gasteiger partial charge in [0.1, 0.15) is 35.4 Å². The topological polar surface area (TPSA) is 95.2 Å². The molecule has 4 heteroatoms. The Morgan fingerprint density at radius 1 is 0.722 bits per heavy atom. The number of hydrogen-bond donors (Lipinski definition) is 0. The van der Waals surface area contributed by atoms with Crippen LogP contribution in [0.25, 0.3) is 0 Å². The summed E-state index contributed by atoms with van der Waals surface area (Å²) in [4.78, 5) is 0. The van der Waals surface area contributed by atoms with Crippen LogP contribution in [0.15, 0.2) is 22.3 Å². The van der Waals surface area contributed by atoms with Crippen molar-refractivity contribution in [1.29, 1.82) is 21.0 Å². The van der Waals surface area contributed by atoms with E-state index in [1.54, 1.807) is 0 Å². The third-order valence-corrected chi connectivity index (χ3v) is 3.92. The van der Waals surface area contributed by atoms with E-state index >= 15 is 0 Å². The third kappa shape index (κ3) is 1.66. The smallest absolute Gasteiger partial charge is 0.129 e. The molecule has 2 aliphatic carbocycles. The molecule has 2 atom stereocenters. The first-order valence-corrected chi connectivity index (χ1v) is 5.83. The second kappa shape index (κ2) is 4.75. The van der Waals surface area contributed by atoms with Crippen LogP contribution < -0.4 is 0 Å². The van der Waals surface area contributed by atoms with Gasteiger partial charge in [-0.2, -0.15) is 21.0 Å². The molecule has 0 aromatic carbocycles. The molecule has 0 spiro atoms. The molecule has 0 aliphatic heterocycles. The highest BCUT2D eigenvalue weighted by atomic mass is 14.5. The van der Waals surface area contributed by atoms with Crippen LogP contribution in [0.4, 0.5) is 0 Å². The second-order valence-electron chi connectivity index (χ2n) is 4.54. The van der Waals surface area contributed by atoms with Crippen LogP contribution in [-0.4, -0.2) is 0 Å². The Bertz CT molecular complexity index is 522. The van der Waals surface area contributed by atoms with Gasteiger partial charge in [-0.1, -0.05) is 0 Å². The molecule has 2 fully saturated rings. The number of allylic oxidation sites excluding steroid dienone is 4. The van der Waals surface area contributed by atoms with E-state index in [4.69, 9.17) is 21.0 Å². The Morgan fingerprint density at radius 3 is 1.28 bits per heavy atom. The fraction of sp³-hybridized carbons (Fsp3) is 0.429. The summed E-state index contributed by atoms with van der Waals surface area (Å²) in [6.45, 7) is 0. The summed E-state index contributed by atoms with van der Waals surface area (Å²) in [5.41, 5.74) is 2.30. The number of rotatable bonds is 0. The van der Waals surface area contributed by atoms with Crippen LogP contribution in [0, 0.1) is 57.2 Å². The van der Waals surface area contributed by atoms with Gasteiger partial charge in [0, 0.05) is 0 Å². The molecule has 0 heterocycles. The summed E-state index contributed by atoms with van der Waals surface area (Å²) in [7, 11) is 0. The first-order chi connectivity index (χ1) is 8.76. The first kappa shape index (κ1) is 11.9. The molecule has 2 saturated carbocycles. The lowest BCUT2D eigenvalue weighted by Crippen LogP contribution is -2.34. The zero-order valence-electron chi connectivity index (χ0n) is 9.77. The van der Waals surface area contributed by atoms with E-state index in [9.17, 15) is 0 Å². The average Bonchev–Trinajstić information content (AvgIpc) is 2.35. The maximum absolute atomic E-state index is 8.93. The van der Waals surface area contributed by atoms with Gasteiger partial charge in [0.15, 0.2) is 0 Å². The number of fused-ring (bicyclic) bond motifs is 1. The van der Waals surface area contributed by atoms with Crippen LogP contribution >= 0.6 is 0 Å². The van der Waals surface area contributed by atoms with Gasteiger partial charge in [0.05, 0.1) is 0 Å². The van der Waals surface area contributed by atoms with Gasteiger partial charge < -0.3 is 0 Å². The van der Waals surface area contributed by atoms with Gasteiger partial charge >= 0.3 is 0 Å². The summed E-state index contributed by atoms with van der Waals surface area (Å²) in [6.07, 6.45) is 3.14. The van der Waals surface area contributed by atoms with E-state index in [0.717, 1.165) is 24.0 Å². The van der Waals surface area contributed by atoms with Gasteiger partial charge in [-0.3, -0.25) is 0 Å². The minimum absolute atomic E-state index is 0.194. The molecule has 0 N–H and O–H groups in total. The molecule has 4 nitrogen and oxygen atoms in total. The standard InChI is InChI=1S/C14H10N4/c15-5-9(6-16)11-1-2-12(10(7-17)8-18)14-4-3-13(11)14/h13-14H,1-4H2. The number of nitriles is 4. The Kier molecular flexibility index (Phi) is 3.14. The van der Waals surface area contributed by atoms with Crippen LogP contribution in [0.1, 0.15) is 25.7 Å². The summed E-state index contributed by atoms with van der Waals surface area (Å²) in [5, 5.41) is 35.7. The zero-order chi connectivity index (χ0) is 13.1. The van der Waals surface area contributed by atoms with Crippen LogP contribution in [0.2, 0.25) is 0 Å². The molecule has 2 unspecified atom stereocenters. The molecule has 18 heavy (non-hydrogen) atoms. The van der Waals surface area contributed by atoms with Gasteiger partial charge in [0.25, 0.3) is 0 Å². The van der Waals surface area contributed by atoms with Gasteiger partial charge in [-0.15, -0.1) is 0 Å². The van der Waals surface area contributed by atoms with Crippen LogP contribution in [-0.2, 0) is 0 Å². The molecule has 0 bridgehead atoms. The van der Waals surface area contributed by atoms with E-state index < -0.39 is 0 Å². The van der Waals surface area contributed by atoms with E-state index in [1.807, 2.05) is 24.3 Å². The predicted octanol–water partition coefficient (Wildman–Crippen LogP) is 2.49. The van der Waals surface area contributed by atoms with Crippen molar-refractivity contribution in [3.8, 4) is 24.3 Å². The van der Waals surface area contributed by atoms with E-state index in [0.29, 0.717) is 12.8 Å². The lowest BCUT2D eigenvalue weighted by molar-refractivity contribution is 0.224. The Labute approximate surface area is 106 Å². The molecular formula is C14H10N4. The Hall–Kier alpha value is -2.56. The van der Waals surface area contributed by atoms with Crippen molar-refractivity contribution in [2.75, 3.05) is 0 Å². The van der Waals surface area contributed by atoms with Crippen molar-refractivity contribution >= 4 is 0 Å². The highest BCUT2D eigenvalue weighted by molar-refractivity contribution is 5.48. The Balaban J connectivity index is 2.40. The van der Waals surface area contributed by atoms with Gasteiger partial charge in [-0.05, 0) is 48.7 Å². The minimum Gasteiger partial charge on any atom is -0.192 e.